The lowest BCUT2D eigenvalue weighted by molar-refractivity contribution is -0.193. The fourth-order valence-corrected chi connectivity index (χ4v) is 17.4. The van der Waals surface area contributed by atoms with Crippen LogP contribution >= 0.6 is 23.2 Å². The first kappa shape index (κ1) is 96.4. The minimum absolute atomic E-state index is 0. The number of pyridine rings is 2. The van der Waals surface area contributed by atoms with Crippen molar-refractivity contribution in [3.8, 4) is 46.0 Å². The van der Waals surface area contributed by atoms with Crippen molar-refractivity contribution in [1.29, 1.82) is 0 Å². The van der Waals surface area contributed by atoms with E-state index in [-0.39, 0.29) is 106 Å². The van der Waals surface area contributed by atoms with Crippen molar-refractivity contribution < 1.29 is 136 Å². The molecule has 1 aliphatic carbocycles. The van der Waals surface area contributed by atoms with Gasteiger partial charge in [-0.1, -0.05) is 96.0 Å². The zero-order valence-electron chi connectivity index (χ0n) is 67.4. The molecule has 5 saturated heterocycles. The Morgan fingerprint density at radius 3 is 1.20 bits per heavy atom. The number of halogens is 16. The molecule has 6 fully saturated rings. The van der Waals surface area contributed by atoms with Crippen LogP contribution in [-0.4, -0.2) is 228 Å². The number of carbonyl (C=O) groups excluding carboxylic acids is 1. The number of carboxylic acids is 3. The minimum Gasteiger partial charge on any atom is -0.489 e. The molecule has 3 N–H and O–H groups in total. The van der Waals surface area contributed by atoms with Crippen LogP contribution in [0.5, 0.6) is 23.5 Å². The van der Waals surface area contributed by atoms with Crippen molar-refractivity contribution in [2.75, 3.05) is 76.4 Å². The summed E-state index contributed by atoms with van der Waals surface area (Å²) < 4.78 is 232. The maximum atomic E-state index is 17.0. The Morgan fingerprint density at radius 2 is 0.850 bits per heavy atom. The van der Waals surface area contributed by atoms with Gasteiger partial charge in [0.05, 0.1) is 22.9 Å². The summed E-state index contributed by atoms with van der Waals surface area (Å²) in [7, 11) is -5.90. The summed E-state index contributed by atoms with van der Waals surface area (Å²) in [6.07, 6.45) is -6.78. The molecule has 27 nitrogen and oxygen atoms in total. The van der Waals surface area contributed by atoms with E-state index in [1.807, 2.05) is 104 Å². The highest BCUT2D eigenvalue weighted by atomic mass is 35.5. The van der Waals surface area contributed by atoms with Gasteiger partial charge in [0.25, 0.3) is 0 Å². The van der Waals surface area contributed by atoms with Crippen LogP contribution in [0, 0.1) is 23.5 Å². The third kappa shape index (κ3) is 23.4. The summed E-state index contributed by atoms with van der Waals surface area (Å²) in [5, 5.41) is 26.4. The quantitative estimate of drug-likeness (QED) is 0.0597. The maximum Gasteiger partial charge on any atom is 0.490 e. The number of amides is 1. The van der Waals surface area contributed by atoms with Crippen LogP contribution in [0.15, 0.2) is 144 Å². The van der Waals surface area contributed by atoms with Crippen molar-refractivity contribution in [3.63, 3.8) is 0 Å². The Hall–Kier alpha value is -11.3. The Balaban J connectivity index is 0.000000200. The number of carbonyl (C=O) groups is 4. The number of alkyl halides is 9. The number of likely N-dealkylation sites (tertiary alicyclic amines) is 2. The van der Waals surface area contributed by atoms with Gasteiger partial charge in [0.1, 0.15) is 86.4 Å². The van der Waals surface area contributed by atoms with Crippen molar-refractivity contribution >= 4 is 123 Å². The molecule has 9 heterocycles. The van der Waals surface area contributed by atoms with Crippen LogP contribution < -0.4 is 28.7 Å². The van der Waals surface area contributed by atoms with E-state index in [1.165, 1.54) is 49.6 Å². The third-order valence-electron chi connectivity index (χ3n) is 21.4. The fraction of sp³-hybridized carbons (Fsp3) is 0.390. The van der Waals surface area contributed by atoms with Gasteiger partial charge in [0.2, 0.25) is 0 Å². The number of ether oxygens (including phenoxy) is 5. The number of carboxylic acid groups (broad SMARTS) is 3. The first-order chi connectivity index (χ1) is 59.1. The van der Waals surface area contributed by atoms with Gasteiger partial charge in [-0.05, 0) is 126 Å². The second kappa shape index (κ2) is 38.7. The number of rotatable bonds is 16. The first-order valence-corrected chi connectivity index (χ1v) is 42.2. The van der Waals surface area contributed by atoms with Crippen LogP contribution in [-0.2, 0) is 39.6 Å². The van der Waals surface area contributed by atoms with Gasteiger partial charge in [-0.25, -0.2) is 28.0 Å². The number of piperidine rings is 1. The van der Waals surface area contributed by atoms with E-state index >= 15 is 8.78 Å². The number of anilines is 2. The minimum atomic E-state index is -5.08. The standard InChI is InChI=1S/C40H41ClF2N6O6S.C36H34ClF2N5O4S.3C2HF3O2.FH/c1-40(2,3)55-39(50)49-24-14-15-25(49)20-48(19-24)37-31-18-44-35(30-12-5-8-23-9-6-13-32(41)33(23)30)34(42)36(31)45-38(46-37)53-22-26-16-28(21-47(26)4)54-27-10-7-11-29(17-27)56(43,51)52;1-43-19-26(48-25-7-4-8-27(15-25)49(39,45)46)14-24(43)20-47-36-41-34-29(35(42-36)44-17-21-11-12-22(13-21)18-44)16-40-33(32(34)38)28-9-2-5-23-6-3-10-30(37)31(23)28;3*3-2(4,5)1(6)7;/h5-13,17-18,24-26,28H,14-16,19-22H2,1-4H3;2-10,15-16,21-22,24,26H,11-14,17-20H2,1H3;3*(H,6,7);1H/t24?,25?,26-,28+;21?,22?,24-,26+;;;;/m00..../s1. The lowest BCUT2D eigenvalue weighted by atomic mass is 9.98. The van der Waals surface area contributed by atoms with Gasteiger partial charge < -0.3 is 48.8 Å². The molecule has 8 atom stereocenters. The Labute approximate surface area is 725 Å². The molecule has 682 valence electrons. The Bertz CT molecular complexity index is 5920. The van der Waals surface area contributed by atoms with Crippen molar-refractivity contribution in [1.82, 2.24) is 44.6 Å². The van der Waals surface area contributed by atoms with E-state index < -0.39 is 83.9 Å². The zero-order valence-corrected chi connectivity index (χ0v) is 70.5. The number of hydrogen-bond acceptors (Lipinski definition) is 23. The Morgan fingerprint density at radius 1 is 0.496 bits per heavy atom. The van der Waals surface area contributed by atoms with E-state index in [4.69, 9.17) is 86.6 Å². The van der Waals surface area contributed by atoms with E-state index in [1.54, 1.807) is 42.7 Å². The largest absolute Gasteiger partial charge is 0.490 e. The number of benzene rings is 6. The molecule has 4 aromatic heterocycles. The molecule has 127 heavy (non-hydrogen) atoms. The average Bonchev–Trinajstić information content (AvgIpc) is 1.69. The summed E-state index contributed by atoms with van der Waals surface area (Å²) in [6, 6.07) is 32.4. The summed E-state index contributed by atoms with van der Waals surface area (Å²) >= 11 is 13.3. The highest BCUT2D eigenvalue weighted by Crippen LogP contribution is 2.45. The normalized spacial score (nSPS) is 20.1. The smallest absolute Gasteiger partial charge is 0.489 e. The zero-order chi connectivity index (χ0) is 91.6. The second-order valence-corrected chi connectivity index (χ2v) is 34.9. The predicted octanol–water partition coefficient (Wildman–Crippen LogP) is 16.5. The van der Waals surface area contributed by atoms with Crippen LogP contribution in [0.2, 0.25) is 10.0 Å². The molecular weight excluding hydrogens is 1800 g/mol. The molecule has 45 heteroatoms. The number of piperazine rings is 1. The fourth-order valence-electron chi connectivity index (χ4n) is 15.8. The summed E-state index contributed by atoms with van der Waals surface area (Å²) in [4.78, 5) is 77.4. The molecule has 1 amide bonds. The SMILES string of the molecule is CN1C[C@H](Oc2cccc(S(=O)(=O)F)c2)C[C@H]1COc1nc(N2CC3CCC(C2)N3C(=O)OC(C)(C)C)c2cnc(-c3cccc4cccc(Cl)c34)c(F)c2n1.CN1C[C@H](Oc2cccc(S(=O)(=O)F)c2)C[C@H]1COc1nc(N2CC3CCC(C3)C2)c2cnc(-c3cccc4cccc(Cl)c34)c(F)c2n1.F.O=C(O)C(F)(F)F.O=C(O)C(F)(F)F.O=C(O)C(F)(F)F. The number of likely N-dealkylation sites (N-methyl/N-ethyl adjacent to an activating group) is 2. The number of aliphatic carboxylic acids is 3. The van der Waals surface area contributed by atoms with E-state index in [9.17, 15) is 68.9 Å². The van der Waals surface area contributed by atoms with Crippen LogP contribution in [0.3, 0.4) is 0 Å². The van der Waals surface area contributed by atoms with Gasteiger partial charge in [0.15, 0.2) is 11.6 Å². The monoisotopic (exact) mass is 1870 g/mol. The molecule has 5 aliphatic heterocycles. The molecule has 1 saturated carbocycles. The lowest BCUT2D eigenvalue weighted by Crippen LogP contribution is -2.57. The molecule has 6 aromatic carbocycles. The van der Waals surface area contributed by atoms with E-state index in [2.05, 4.69) is 29.7 Å². The highest BCUT2D eigenvalue weighted by molar-refractivity contribution is 7.86. The predicted molar refractivity (Wildman–Crippen MR) is 436 cm³/mol. The van der Waals surface area contributed by atoms with Crippen LogP contribution in [0.25, 0.3) is 65.9 Å². The van der Waals surface area contributed by atoms with Crippen LogP contribution in [0.4, 0.5) is 77.2 Å². The van der Waals surface area contributed by atoms with Gasteiger partial charge in [0, 0.05) is 121 Å². The maximum absolute atomic E-state index is 17.0. The van der Waals surface area contributed by atoms with E-state index in [0.29, 0.717) is 99.8 Å². The molecule has 0 radical (unpaired) electrons. The summed E-state index contributed by atoms with van der Waals surface area (Å²) in [5.74, 6) is -6.78. The van der Waals surface area contributed by atoms with E-state index in [0.717, 1.165) is 48.2 Å². The molecule has 10 aromatic rings. The van der Waals surface area contributed by atoms with Crippen molar-refractivity contribution in [2.45, 2.75) is 136 Å². The second-order valence-electron chi connectivity index (χ2n) is 31.4. The highest BCUT2D eigenvalue weighted by Gasteiger charge is 2.47. The molecule has 16 rings (SSSR count). The lowest BCUT2D eigenvalue weighted by Gasteiger charge is -2.42. The molecule has 4 unspecified atom stereocenters. The molecular formula is C82H79Cl2F14N11O16S2. The van der Waals surface area contributed by atoms with Crippen LogP contribution in [0.1, 0.15) is 65.7 Å². The van der Waals surface area contributed by atoms with Crippen molar-refractivity contribution in [2.24, 2.45) is 11.8 Å². The summed E-state index contributed by atoms with van der Waals surface area (Å²) in [5.41, 5.74) is 0.866. The van der Waals surface area contributed by atoms with Crippen molar-refractivity contribution in [3.05, 3.63) is 155 Å². The molecule has 4 bridgehead atoms. The number of aromatic nitrogens is 6. The molecule has 6 aliphatic rings. The molecule has 0 spiro atoms. The number of hydrogen-bond donors (Lipinski definition) is 3. The first-order valence-electron chi connectivity index (χ1n) is 38.6. The summed E-state index contributed by atoms with van der Waals surface area (Å²) in [6.45, 7) is 9.47. The average molecular weight is 1880 g/mol. The number of fused-ring (bicyclic) bond motifs is 8. The third-order valence-corrected chi connectivity index (χ3v) is 23.7. The van der Waals surface area contributed by atoms with Gasteiger partial charge in [-0.3, -0.25) is 29.4 Å². The van der Waals surface area contributed by atoms with Gasteiger partial charge in [-0.15, -0.1) is 7.77 Å². The number of nitrogens with zero attached hydrogens (tertiary/aromatic N) is 11. The van der Waals surface area contributed by atoms with Gasteiger partial charge >= 0.3 is 75.0 Å². The van der Waals surface area contributed by atoms with Gasteiger partial charge in [-0.2, -0.15) is 76.3 Å². The topological polar surface area (TPSA) is 337 Å². The Kier molecular flexibility index (Phi) is 29.4.